The maximum absolute atomic E-state index is 14.7. The summed E-state index contributed by atoms with van der Waals surface area (Å²) in [5.74, 6) is -0.102. The summed E-state index contributed by atoms with van der Waals surface area (Å²) in [4.78, 5) is 14.7. The third kappa shape index (κ3) is 27.7. The van der Waals surface area contributed by atoms with Gasteiger partial charge in [0, 0.05) is 18.9 Å². The molecule has 6 aromatic rings. The lowest BCUT2D eigenvalue weighted by molar-refractivity contribution is -0.235. The van der Waals surface area contributed by atoms with Crippen molar-refractivity contribution in [3.8, 4) is 0 Å². The first-order chi connectivity index (χ1) is 43.6. The molecule has 1 aliphatic rings. The van der Waals surface area contributed by atoms with Crippen LogP contribution < -0.4 is 5.32 Å². The van der Waals surface area contributed by atoms with E-state index >= 15 is 0 Å². The van der Waals surface area contributed by atoms with Crippen molar-refractivity contribution < 1.29 is 38.0 Å². The molecule has 1 amide bonds. The van der Waals surface area contributed by atoms with E-state index in [1.807, 2.05) is 61.5 Å². The average Bonchev–Trinajstić information content (AvgIpc) is 2.45. The van der Waals surface area contributed by atoms with Gasteiger partial charge in [0.25, 0.3) is 0 Å². The molecular formula is C79H109NO8. The number of ether oxygens (including phenoxy) is 7. The SMILES string of the molecule is CCCCCCCCCCCCCC[C@@H](OCc1ccccc1)[C@@H](OCc1ccccc1)[C@H](CO[C@H]1C[C@H](COCC)[C@H](OCc2ccccc2)[C@H](OCc2ccccc2)[C@H]1OCc1ccccc1)NC(=O)CCCCCCCCCCc1ccccc1. The Morgan fingerprint density at radius 2 is 0.818 bits per heavy atom. The molecule has 9 nitrogen and oxygen atoms in total. The fourth-order valence-electron chi connectivity index (χ4n) is 12.4. The number of hydrogen-bond acceptors (Lipinski definition) is 8. The Kier molecular flexibility index (Phi) is 35.0. The summed E-state index contributed by atoms with van der Waals surface area (Å²) in [5.41, 5.74) is 6.77. The van der Waals surface area contributed by atoms with Crippen LogP contribution in [0.2, 0.25) is 0 Å². The number of hydrogen-bond donors (Lipinski definition) is 1. The minimum Gasteiger partial charge on any atom is -0.381 e. The molecule has 0 aliphatic heterocycles. The van der Waals surface area contributed by atoms with Crippen LogP contribution in [0.5, 0.6) is 0 Å². The minimum absolute atomic E-state index is 0.00295. The zero-order valence-corrected chi connectivity index (χ0v) is 53.8. The Bertz CT molecular complexity index is 2610. The maximum atomic E-state index is 14.7. The van der Waals surface area contributed by atoms with Gasteiger partial charge in [0.15, 0.2) is 0 Å². The highest BCUT2D eigenvalue weighted by molar-refractivity contribution is 5.76. The van der Waals surface area contributed by atoms with Gasteiger partial charge in [-0.25, -0.2) is 0 Å². The number of aryl methyl sites for hydroxylation is 1. The van der Waals surface area contributed by atoms with Gasteiger partial charge in [0.2, 0.25) is 5.91 Å². The van der Waals surface area contributed by atoms with Gasteiger partial charge in [0.1, 0.15) is 18.3 Å². The lowest BCUT2D eigenvalue weighted by Crippen LogP contribution is -2.59. The summed E-state index contributed by atoms with van der Waals surface area (Å²) in [6.07, 6.45) is 24.3. The van der Waals surface area contributed by atoms with Crippen LogP contribution in [-0.4, -0.2) is 68.4 Å². The number of benzene rings is 6. The zero-order valence-electron chi connectivity index (χ0n) is 53.8. The van der Waals surface area contributed by atoms with Crippen LogP contribution in [0.25, 0.3) is 0 Å². The Morgan fingerprint density at radius 3 is 1.30 bits per heavy atom. The van der Waals surface area contributed by atoms with Crippen LogP contribution in [0.4, 0.5) is 0 Å². The van der Waals surface area contributed by atoms with Crippen molar-refractivity contribution in [1.29, 1.82) is 0 Å². The van der Waals surface area contributed by atoms with Gasteiger partial charge in [-0.05, 0) is 72.4 Å². The van der Waals surface area contributed by atoms with E-state index in [4.69, 9.17) is 33.2 Å². The van der Waals surface area contributed by atoms with Crippen molar-refractivity contribution in [3.05, 3.63) is 215 Å². The normalized spacial score (nSPS) is 17.8. The van der Waals surface area contributed by atoms with Gasteiger partial charge in [-0.3, -0.25) is 4.79 Å². The van der Waals surface area contributed by atoms with E-state index in [-0.39, 0.29) is 30.6 Å². The second-order valence-electron chi connectivity index (χ2n) is 24.6. The monoisotopic (exact) mass is 1200 g/mol. The highest BCUT2D eigenvalue weighted by Gasteiger charge is 2.48. The fourth-order valence-corrected chi connectivity index (χ4v) is 12.4. The van der Waals surface area contributed by atoms with Crippen LogP contribution in [0.1, 0.15) is 195 Å². The Hall–Kier alpha value is -5.49. The molecule has 8 atom stereocenters. The van der Waals surface area contributed by atoms with Gasteiger partial charge < -0.3 is 38.5 Å². The van der Waals surface area contributed by atoms with E-state index in [9.17, 15) is 4.79 Å². The van der Waals surface area contributed by atoms with Crippen LogP contribution >= 0.6 is 0 Å². The molecule has 7 rings (SSSR count). The quantitative estimate of drug-likeness (QED) is 0.0378. The van der Waals surface area contributed by atoms with Gasteiger partial charge in [-0.2, -0.15) is 0 Å². The van der Waals surface area contributed by atoms with Crippen molar-refractivity contribution in [2.45, 2.75) is 244 Å². The predicted molar refractivity (Wildman–Crippen MR) is 359 cm³/mol. The molecule has 0 saturated heterocycles. The maximum Gasteiger partial charge on any atom is 0.220 e. The Labute approximate surface area is 531 Å². The molecule has 478 valence electrons. The molecule has 0 radical (unpaired) electrons. The topological polar surface area (TPSA) is 93.7 Å². The standard InChI is InChI=1S/C79H109NO8/c1-3-5-6-7-8-9-10-11-12-16-19-40-55-73(83-58-66-45-30-22-31-46-66)77(86-60-68-49-34-24-35-50-68)72(80-75(81)56-41-20-17-14-13-15-18-27-42-65-43-28-21-29-44-65)64-84-74-57-71(63-82-4-2)76(85-59-67-47-32-23-33-48-67)79(88-62-70-53-38-26-39-54-70)78(74)87-61-69-51-36-25-37-52-69/h21-26,28-39,43-54,71-74,76-79H,3-20,27,40-42,55-64H2,1-2H3,(H,80,81)/t71-,72+,73-,74+,76+,77+,78+,79+/m1/s1. The number of carbonyl (C=O) groups is 1. The summed E-state index contributed by atoms with van der Waals surface area (Å²) in [6.45, 7) is 7.40. The molecule has 1 aliphatic carbocycles. The van der Waals surface area contributed by atoms with Crippen molar-refractivity contribution in [2.75, 3.05) is 19.8 Å². The van der Waals surface area contributed by atoms with E-state index in [0.29, 0.717) is 59.1 Å². The van der Waals surface area contributed by atoms with E-state index in [2.05, 4.69) is 140 Å². The van der Waals surface area contributed by atoms with Crippen LogP contribution in [0.3, 0.4) is 0 Å². The molecule has 0 heterocycles. The van der Waals surface area contributed by atoms with Crippen molar-refractivity contribution >= 4 is 5.91 Å². The Balaban J connectivity index is 1.15. The third-order valence-corrected chi connectivity index (χ3v) is 17.4. The van der Waals surface area contributed by atoms with E-state index in [1.165, 1.54) is 102 Å². The number of amides is 1. The van der Waals surface area contributed by atoms with E-state index in [0.717, 1.165) is 72.8 Å². The first kappa shape index (κ1) is 70.0. The minimum atomic E-state index is -0.568. The molecule has 0 unspecified atom stereocenters. The summed E-state index contributed by atoms with van der Waals surface area (Å²) < 4.78 is 49.6. The molecule has 0 aromatic heterocycles. The van der Waals surface area contributed by atoms with E-state index in [1.54, 1.807) is 0 Å². The van der Waals surface area contributed by atoms with Crippen molar-refractivity contribution in [1.82, 2.24) is 5.32 Å². The van der Waals surface area contributed by atoms with Gasteiger partial charge >= 0.3 is 0 Å². The molecule has 1 N–H and O–H groups in total. The van der Waals surface area contributed by atoms with Gasteiger partial charge in [0.05, 0.1) is 70.6 Å². The smallest absolute Gasteiger partial charge is 0.220 e. The molecule has 6 aromatic carbocycles. The summed E-state index contributed by atoms with van der Waals surface area (Å²) >= 11 is 0. The van der Waals surface area contributed by atoms with Crippen molar-refractivity contribution in [3.63, 3.8) is 0 Å². The van der Waals surface area contributed by atoms with Crippen molar-refractivity contribution in [2.24, 2.45) is 5.92 Å². The lowest BCUT2D eigenvalue weighted by atomic mass is 9.80. The zero-order chi connectivity index (χ0) is 61.2. The number of unbranched alkanes of at least 4 members (excludes halogenated alkanes) is 18. The molecule has 1 saturated carbocycles. The first-order valence-electron chi connectivity index (χ1n) is 34.4. The molecule has 1 fully saturated rings. The largest absolute Gasteiger partial charge is 0.381 e. The number of carbonyl (C=O) groups excluding carboxylic acids is 1. The first-order valence-corrected chi connectivity index (χ1v) is 34.4. The van der Waals surface area contributed by atoms with Crippen LogP contribution in [0, 0.1) is 5.92 Å². The lowest BCUT2D eigenvalue weighted by Gasteiger charge is -2.46. The highest BCUT2D eigenvalue weighted by Crippen LogP contribution is 2.36. The predicted octanol–water partition coefficient (Wildman–Crippen LogP) is 18.7. The number of rotatable bonds is 48. The second kappa shape index (κ2) is 44.1. The fraction of sp³-hybridized carbons (Fsp3) is 0.532. The molecular weight excluding hydrogens is 1090 g/mol. The highest BCUT2D eigenvalue weighted by atomic mass is 16.6. The van der Waals surface area contributed by atoms with Gasteiger partial charge in [-0.15, -0.1) is 0 Å². The van der Waals surface area contributed by atoms with Crippen LogP contribution in [0.15, 0.2) is 182 Å². The summed E-state index contributed by atoms with van der Waals surface area (Å²) in [5, 5.41) is 3.59. The molecule has 9 heteroatoms. The molecule has 88 heavy (non-hydrogen) atoms. The van der Waals surface area contributed by atoms with E-state index < -0.39 is 30.5 Å². The second-order valence-corrected chi connectivity index (χ2v) is 24.6. The molecule has 0 bridgehead atoms. The summed E-state index contributed by atoms with van der Waals surface area (Å²) in [7, 11) is 0. The Morgan fingerprint density at radius 1 is 0.420 bits per heavy atom. The molecule has 0 spiro atoms. The van der Waals surface area contributed by atoms with Gasteiger partial charge in [-0.1, -0.05) is 304 Å². The van der Waals surface area contributed by atoms with Crippen LogP contribution in [-0.2, 0) is 77.4 Å². The average molecular weight is 1200 g/mol. The number of nitrogens with one attached hydrogen (secondary N) is 1. The summed E-state index contributed by atoms with van der Waals surface area (Å²) in [6, 6.07) is 62.0. The third-order valence-electron chi connectivity index (χ3n) is 17.4.